The van der Waals surface area contributed by atoms with E-state index < -0.39 is 41.0 Å². The molecule has 2 aromatic carbocycles. The topological polar surface area (TPSA) is 144 Å². The Balaban J connectivity index is 1.34. The minimum atomic E-state index is -4.80. The van der Waals surface area contributed by atoms with E-state index in [4.69, 9.17) is 9.05 Å². The molecule has 10 nitrogen and oxygen atoms in total. The quantitative estimate of drug-likeness (QED) is 0.294. The number of nitrogens with zero attached hydrogens (tertiary/aromatic N) is 5. The van der Waals surface area contributed by atoms with Gasteiger partial charge in [-0.05, 0) is 12.5 Å². The molecule has 0 fully saturated rings. The summed E-state index contributed by atoms with van der Waals surface area (Å²) in [5.41, 5.74) is -0.592. The van der Waals surface area contributed by atoms with Crippen molar-refractivity contribution in [3.05, 3.63) is 77.4 Å². The lowest BCUT2D eigenvalue weighted by Crippen LogP contribution is -2.13. The summed E-state index contributed by atoms with van der Waals surface area (Å²) in [4.78, 5) is 20.6. The highest BCUT2D eigenvalue weighted by atomic mass is 19.4. The fourth-order valence-corrected chi connectivity index (χ4v) is 3.80. The molecule has 0 aliphatic carbocycles. The maximum absolute atomic E-state index is 13.9. The van der Waals surface area contributed by atoms with Gasteiger partial charge < -0.3 is 14.2 Å². The Morgan fingerprint density at radius 3 is 2.39 bits per heavy atom. The predicted octanol–water partition coefficient (Wildman–Crippen LogP) is 4.74. The van der Waals surface area contributed by atoms with Crippen molar-refractivity contribution in [2.75, 3.05) is 0 Å². The summed E-state index contributed by atoms with van der Waals surface area (Å²) < 4.78 is 51.9. The molecule has 5 aromatic rings. The summed E-state index contributed by atoms with van der Waals surface area (Å²) in [5, 5.41) is 24.4. The molecule has 0 radical (unpaired) electrons. The molecule has 0 saturated carbocycles. The van der Waals surface area contributed by atoms with Gasteiger partial charge in [0.2, 0.25) is 11.6 Å². The van der Waals surface area contributed by atoms with Crippen molar-refractivity contribution in [3.8, 4) is 34.3 Å². The number of hydrogen-bond donors (Lipinski definition) is 2. The van der Waals surface area contributed by atoms with Gasteiger partial charge in [-0.3, -0.25) is 9.89 Å². The van der Waals surface area contributed by atoms with Gasteiger partial charge in [0.25, 0.3) is 5.89 Å². The lowest BCUT2D eigenvalue weighted by molar-refractivity contribution is -0.137. The van der Waals surface area contributed by atoms with Crippen LogP contribution in [-0.2, 0) is 17.4 Å². The largest absolute Gasteiger partial charge is 0.422 e. The zero-order chi connectivity index (χ0) is 26.9. The van der Waals surface area contributed by atoms with E-state index in [-0.39, 0.29) is 24.2 Å². The summed E-state index contributed by atoms with van der Waals surface area (Å²) >= 11 is 0. The van der Waals surface area contributed by atoms with Crippen LogP contribution in [0.15, 0.2) is 63.6 Å². The lowest BCUT2D eigenvalue weighted by atomic mass is 10.0. The molecule has 194 valence electrons. The Morgan fingerprint density at radius 2 is 1.74 bits per heavy atom. The van der Waals surface area contributed by atoms with Gasteiger partial charge in [-0.1, -0.05) is 64.9 Å². The number of aromatic nitrogens is 6. The molecule has 0 saturated heterocycles. The normalized spacial score (nSPS) is 12.6. The van der Waals surface area contributed by atoms with Crippen LogP contribution in [0.3, 0.4) is 0 Å². The zero-order valence-electron chi connectivity index (χ0n) is 19.7. The maximum Gasteiger partial charge on any atom is 0.422 e. The Bertz CT molecular complexity index is 1560. The monoisotopic (exact) mass is 524 g/mol. The summed E-state index contributed by atoms with van der Waals surface area (Å²) in [7, 11) is 0. The van der Waals surface area contributed by atoms with Gasteiger partial charge in [-0.15, -0.1) is 0 Å². The first kappa shape index (κ1) is 25.0. The van der Waals surface area contributed by atoms with Gasteiger partial charge in [0.1, 0.15) is 23.2 Å². The molecular weight excluding hydrogens is 505 g/mol. The molecule has 2 N–H and O–H groups in total. The van der Waals surface area contributed by atoms with Crippen LogP contribution in [0.5, 0.6) is 0 Å². The number of rotatable bonds is 8. The van der Waals surface area contributed by atoms with Gasteiger partial charge in [0.15, 0.2) is 11.6 Å². The summed E-state index contributed by atoms with van der Waals surface area (Å²) in [6.45, 7) is 1.74. The number of aliphatic hydroxyl groups excluding tert-OH is 1. The van der Waals surface area contributed by atoms with Gasteiger partial charge >= 0.3 is 6.18 Å². The van der Waals surface area contributed by atoms with Crippen LogP contribution < -0.4 is 0 Å². The van der Waals surface area contributed by atoms with Crippen LogP contribution >= 0.6 is 0 Å². The third-order valence-electron chi connectivity index (χ3n) is 5.67. The van der Waals surface area contributed by atoms with E-state index >= 15 is 0 Å². The van der Waals surface area contributed by atoms with Crippen LogP contribution in [-0.4, -0.2) is 41.4 Å². The molecule has 3 heterocycles. The highest BCUT2D eigenvalue weighted by molar-refractivity contribution is 5.84. The third-order valence-corrected chi connectivity index (χ3v) is 5.67. The van der Waals surface area contributed by atoms with Crippen molar-refractivity contribution in [1.29, 1.82) is 0 Å². The van der Waals surface area contributed by atoms with E-state index in [2.05, 4.69) is 30.5 Å². The van der Waals surface area contributed by atoms with Gasteiger partial charge in [-0.2, -0.15) is 23.3 Å². The number of nitrogens with one attached hydrogen (secondary N) is 1. The van der Waals surface area contributed by atoms with E-state index in [1.54, 1.807) is 25.1 Å². The first-order valence-electron chi connectivity index (χ1n) is 11.4. The fourth-order valence-electron chi connectivity index (χ4n) is 3.80. The number of halogens is 3. The first-order chi connectivity index (χ1) is 18.2. The van der Waals surface area contributed by atoms with Crippen molar-refractivity contribution >= 4 is 5.78 Å². The average Bonchev–Trinajstić information content (AvgIpc) is 3.66. The number of hydrogen-bond acceptors (Lipinski definition) is 9. The number of carbonyl (C=O) groups excluding carboxylic acids is 1. The van der Waals surface area contributed by atoms with Crippen LogP contribution in [0.2, 0.25) is 0 Å². The molecule has 0 aliphatic heterocycles. The summed E-state index contributed by atoms with van der Waals surface area (Å²) in [6.07, 6.45) is -5.86. The second-order valence-electron chi connectivity index (χ2n) is 8.35. The number of aliphatic hydroxyl groups is 1. The van der Waals surface area contributed by atoms with Crippen molar-refractivity contribution in [1.82, 2.24) is 30.5 Å². The standard InChI is InChI=1S/C25H19F3N6O4/c1-13-29-18(32-31-13)12-11-17(35)21(36)15-7-9-16(10-8-15)23-30-24(38-34-23)22-19(25(26,27)28)20(33-37-22)14-5-3-2-4-6-14/h2-10,21,36H,11-12H2,1H3,(H,29,31,32). The van der Waals surface area contributed by atoms with Crippen LogP contribution in [0.4, 0.5) is 13.2 Å². The number of carbonyl (C=O) groups is 1. The smallest absolute Gasteiger partial charge is 0.381 e. The maximum atomic E-state index is 13.9. The second kappa shape index (κ2) is 10.0. The number of aryl methyl sites for hydroxylation is 2. The van der Waals surface area contributed by atoms with E-state index in [1.165, 1.54) is 36.4 Å². The number of aromatic amines is 1. The Hall–Kier alpha value is -4.65. The molecule has 13 heteroatoms. The number of ketones is 1. The van der Waals surface area contributed by atoms with Crippen LogP contribution in [0.1, 0.15) is 35.3 Å². The Morgan fingerprint density at radius 1 is 1.00 bits per heavy atom. The minimum absolute atomic E-state index is 0.0156. The average molecular weight is 524 g/mol. The first-order valence-corrected chi connectivity index (χ1v) is 11.4. The lowest BCUT2D eigenvalue weighted by Gasteiger charge is -2.09. The van der Waals surface area contributed by atoms with Crippen LogP contribution in [0, 0.1) is 6.92 Å². The van der Waals surface area contributed by atoms with E-state index in [0.717, 1.165) is 0 Å². The van der Waals surface area contributed by atoms with Crippen molar-refractivity contribution in [2.24, 2.45) is 0 Å². The summed E-state index contributed by atoms with van der Waals surface area (Å²) in [6, 6.07) is 13.8. The Kier molecular flexibility index (Phi) is 6.59. The zero-order valence-corrected chi connectivity index (χ0v) is 19.7. The second-order valence-corrected chi connectivity index (χ2v) is 8.35. The molecule has 5 rings (SSSR count). The molecule has 0 bridgehead atoms. The summed E-state index contributed by atoms with van der Waals surface area (Å²) in [5.74, 6) is -0.525. The third kappa shape index (κ3) is 5.09. The molecule has 1 atom stereocenters. The molecule has 0 aliphatic rings. The van der Waals surface area contributed by atoms with E-state index in [1.807, 2.05) is 0 Å². The number of alkyl halides is 3. The highest BCUT2D eigenvalue weighted by Crippen LogP contribution is 2.43. The molecule has 38 heavy (non-hydrogen) atoms. The molecule has 1 unspecified atom stereocenters. The van der Waals surface area contributed by atoms with E-state index in [9.17, 15) is 23.1 Å². The van der Waals surface area contributed by atoms with Crippen LogP contribution in [0.25, 0.3) is 34.3 Å². The van der Waals surface area contributed by atoms with Gasteiger partial charge in [0.05, 0.1) is 0 Å². The molecule has 3 aromatic heterocycles. The molecule has 0 spiro atoms. The molecular formula is C25H19F3N6O4. The molecule has 0 amide bonds. The van der Waals surface area contributed by atoms with Crippen molar-refractivity contribution < 1.29 is 32.1 Å². The van der Waals surface area contributed by atoms with Crippen molar-refractivity contribution in [3.63, 3.8) is 0 Å². The highest BCUT2D eigenvalue weighted by Gasteiger charge is 2.43. The van der Waals surface area contributed by atoms with Gasteiger partial charge in [-0.25, -0.2) is 4.98 Å². The Labute approximate surface area is 212 Å². The number of benzene rings is 2. The van der Waals surface area contributed by atoms with Crippen molar-refractivity contribution in [2.45, 2.75) is 32.0 Å². The number of Topliss-reactive ketones (excluding diaryl/α,β-unsaturated/α-hetero) is 1. The predicted molar refractivity (Wildman–Crippen MR) is 125 cm³/mol. The van der Waals surface area contributed by atoms with E-state index in [0.29, 0.717) is 22.8 Å². The fraction of sp³-hybridized carbons (Fsp3) is 0.200. The number of H-pyrrole nitrogens is 1. The SMILES string of the molecule is Cc1nc(CCC(=O)C(O)c2ccc(-c3noc(-c4onc(-c5ccccc5)c4C(F)(F)F)n3)cc2)n[nH]1. The minimum Gasteiger partial charge on any atom is -0.381 e. The van der Waals surface area contributed by atoms with Gasteiger partial charge in [0, 0.05) is 24.0 Å².